The standard InChI is InChI=1S/C12H23NO2/c1-3-6-10(2)12(15)13-8-5-4-7-11(13)9-14/h10-11,14H,3-9H2,1-2H3. The molecule has 0 aliphatic carbocycles. The third kappa shape index (κ3) is 3.20. The molecule has 1 saturated heterocycles. The number of amides is 1. The molecule has 1 heterocycles. The third-order valence-electron chi connectivity index (χ3n) is 3.26. The van der Waals surface area contributed by atoms with E-state index in [-0.39, 0.29) is 24.5 Å². The zero-order valence-corrected chi connectivity index (χ0v) is 9.91. The highest BCUT2D eigenvalue weighted by Gasteiger charge is 2.28. The fraction of sp³-hybridized carbons (Fsp3) is 0.917. The molecule has 0 aromatic carbocycles. The van der Waals surface area contributed by atoms with E-state index in [1.165, 1.54) is 0 Å². The average Bonchev–Trinajstić information content (AvgIpc) is 2.28. The lowest BCUT2D eigenvalue weighted by atomic mass is 9.98. The predicted molar refractivity (Wildman–Crippen MR) is 60.5 cm³/mol. The zero-order chi connectivity index (χ0) is 11.3. The molecule has 0 aromatic rings. The molecular formula is C12H23NO2. The van der Waals surface area contributed by atoms with Crippen molar-refractivity contribution in [1.29, 1.82) is 0 Å². The number of aliphatic hydroxyl groups excluding tert-OH is 1. The van der Waals surface area contributed by atoms with Crippen molar-refractivity contribution < 1.29 is 9.90 Å². The van der Waals surface area contributed by atoms with Gasteiger partial charge in [-0.3, -0.25) is 4.79 Å². The predicted octanol–water partition coefficient (Wildman–Crippen LogP) is 1.80. The second kappa shape index (κ2) is 6.11. The van der Waals surface area contributed by atoms with Gasteiger partial charge in [-0.05, 0) is 25.7 Å². The normalized spacial score (nSPS) is 23.9. The van der Waals surface area contributed by atoms with E-state index in [1.807, 2.05) is 11.8 Å². The van der Waals surface area contributed by atoms with E-state index in [0.29, 0.717) is 0 Å². The Balaban J connectivity index is 2.55. The average molecular weight is 213 g/mol. The quantitative estimate of drug-likeness (QED) is 0.773. The van der Waals surface area contributed by atoms with Gasteiger partial charge in [-0.15, -0.1) is 0 Å². The lowest BCUT2D eigenvalue weighted by molar-refractivity contribution is -0.140. The summed E-state index contributed by atoms with van der Waals surface area (Å²) in [5.41, 5.74) is 0. The van der Waals surface area contributed by atoms with E-state index in [2.05, 4.69) is 6.92 Å². The van der Waals surface area contributed by atoms with Crippen LogP contribution in [0.3, 0.4) is 0 Å². The molecule has 1 amide bonds. The number of hydrogen-bond donors (Lipinski definition) is 1. The summed E-state index contributed by atoms with van der Waals surface area (Å²) in [6, 6.07) is 0.0746. The monoisotopic (exact) mass is 213 g/mol. The topological polar surface area (TPSA) is 40.5 Å². The molecule has 15 heavy (non-hydrogen) atoms. The van der Waals surface area contributed by atoms with Gasteiger partial charge >= 0.3 is 0 Å². The number of carbonyl (C=O) groups is 1. The minimum atomic E-state index is 0.0746. The fourth-order valence-electron chi connectivity index (χ4n) is 2.32. The Hall–Kier alpha value is -0.570. The summed E-state index contributed by atoms with van der Waals surface area (Å²) in [6.07, 6.45) is 5.18. The first-order valence-electron chi connectivity index (χ1n) is 6.12. The highest BCUT2D eigenvalue weighted by molar-refractivity contribution is 5.78. The Morgan fingerprint density at radius 3 is 2.87 bits per heavy atom. The molecule has 0 radical (unpaired) electrons. The summed E-state index contributed by atoms with van der Waals surface area (Å²) in [7, 11) is 0. The molecule has 0 saturated carbocycles. The molecule has 3 nitrogen and oxygen atoms in total. The van der Waals surface area contributed by atoms with Crippen LogP contribution in [0.2, 0.25) is 0 Å². The molecule has 0 bridgehead atoms. The van der Waals surface area contributed by atoms with Gasteiger partial charge in [0.05, 0.1) is 12.6 Å². The molecule has 88 valence electrons. The van der Waals surface area contributed by atoms with E-state index >= 15 is 0 Å². The van der Waals surface area contributed by atoms with Crippen molar-refractivity contribution in [2.24, 2.45) is 5.92 Å². The van der Waals surface area contributed by atoms with Gasteiger partial charge in [0.25, 0.3) is 0 Å². The van der Waals surface area contributed by atoms with Gasteiger partial charge in [-0.25, -0.2) is 0 Å². The molecule has 0 spiro atoms. The van der Waals surface area contributed by atoms with Gasteiger partial charge in [0.15, 0.2) is 0 Å². The Morgan fingerprint density at radius 2 is 2.27 bits per heavy atom. The Bertz CT molecular complexity index is 206. The van der Waals surface area contributed by atoms with Crippen molar-refractivity contribution in [1.82, 2.24) is 4.90 Å². The van der Waals surface area contributed by atoms with Crippen LogP contribution in [0.5, 0.6) is 0 Å². The molecule has 1 aliphatic rings. The van der Waals surface area contributed by atoms with Gasteiger partial charge in [-0.1, -0.05) is 20.3 Å². The summed E-state index contributed by atoms with van der Waals surface area (Å²) >= 11 is 0. The molecular weight excluding hydrogens is 190 g/mol. The van der Waals surface area contributed by atoms with Gasteiger partial charge < -0.3 is 10.0 Å². The second-order valence-corrected chi connectivity index (χ2v) is 4.55. The summed E-state index contributed by atoms with van der Waals surface area (Å²) in [6.45, 7) is 5.04. The number of nitrogens with zero attached hydrogens (tertiary/aromatic N) is 1. The van der Waals surface area contributed by atoms with Crippen molar-refractivity contribution in [3.8, 4) is 0 Å². The summed E-state index contributed by atoms with van der Waals surface area (Å²) in [5.74, 6) is 0.345. The van der Waals surface area contributed by atoms with Gasteiger partial charge in [-0.2, -0.15) is 0 Å². The minimum absolute atomic E-state index is 0.0746. The fourth-order valence-corrected chi connectivity index (χ4v) is 2.32. The molecule has 3 heteroatoms. The minimum Gasteiger partial charge on any atom is -0.394 e. The van der Waals surface area contributed by atoms with Crippen LogP contribution >= 0.6 is 0 Å². The number of rotatable bonds is 4. The first kappa shape index (κ1) is 12.5. The summed E-state index contributed by atoms with van der Waals surface area (Å²) < 4.78 is 0. The number of hydrogen-bond acceptors (Lipinski definition) is 2. The van der Waals surface area contributed by atoms with Gasteiger partial charge in [0, 0.05) is 12.5 Å². The van der Waals surface area contributed by atoms with E-state index in [9.17, 15) is 9.90 Å². The van der Waals surface area contributed by atoms with Crippen LogP contribution in [0.4, 0.5) is 0 Å². The first-order valence-corrected chi connectivity index (χ1v) is 6.12. The van der Waals surface area contributed by atoms with Crippen LogP contribution in [0.1, 0.15) is 46.0 Å². The van der Waals surface area contributed by atoms with E-state index in [4.69, 9.17) is 0 Å². The highest BCUT2D eigenvalue weighted by Crippen LogP contribution is 2.20. The maximum absolute atomic E-state index is 12.1. The molecule has 1 rings (SSSR count). The largest absolute Gasteiger partial charge is 0.394 e. The lowest BCUT2D eigenvalue weighted by Crippen LogP contribution is -2.47. The Labute approximate surface area is 92.5 Å². The number of piperidine rings is 1. The Morgan fingerprint density at radius 1 is 1.53 bits per heavy atom. The van der Waals surface area contributed by atoms with Crippen LogP contribution in [0.15, 0.2) is 0 Å². The van der Waals surface area contributed by atoms with Crippen molar-refractivity contribution in [2.75, 3.05) is 13.2 Å². The molecule has 1 fully saturated rings. The highest BCUT2D eigenvalue weighted by atomic mass is 16.3. The van der Waals surface area contributed by atoms with E-state index < -0.39 is 0 Å². The van der Waals surface area contributed by atoms with Crippen molar-refractivity contribution >= 4 is 5.91 Å². The third-order valence-corrected chi connectivity index (χ3v) is 3.26. The maximum atomic E-state index is 12.1. The number of aliphatic hydroxyl groups is 1. The lowest BCUT2D eigenvalue weighted by Gasteiger charge is -2.36. The Kier molecular flexibility index (Phi) is 5.09. The van der Waals surface area contributed by atoms with Gasteiger partial charge in [0.2, 0.25) is 5.91 Å². The SMILES string of the molecule is CCCC(C)C(=O)N1CCCCC1CO. The van der Waals surface area contributed by atoms with Crippen LogP contribution in [0.25, 0.3) is 0 Å². The molecule has 0 aromatic heterocycles. The van der Waals surface area contributed by atoms with E-state index in [0.717, 1.165) is 38.6 Å². The van der Waals surface area contributed by atoms with Crippen molar-refractivity contribution in [2.45, 2.75) is 52.0 Å². The van der Waals surface area contributed by atoms with E-state index in [1.54, 1.807) is 0 Å². The molecule has 1 aliphatic heterocycles. The smallest absolute Gasteiger partial charge is 0.225 e. The summed E-state index contributed by atoms with van der Waals surface area (Å²) in [4.78, 5) is 14.0. The maximum Gasteiger partial charge on any atom is 0.225 e. The van der Waals surface area contributed by atoms with Gasteiger partial charge in [0.1, 0.15) is 0 Å². The zero-order valence-electron chi connectivity index (χ0n) is 9.91. The number of likely N-dealkylation sites (tertiary alicyclic amines) is 1. The first-order chi connectivity index (χ1) is 7.20. The van der Waals surface area contributed by atoms with Crippen molar-refractivity contribution in [3.63, 3.8) is 0 Å². The molecule has 2 unspecified atom stereocenters. The molecule has 2 atom stereocenters. The number of carbonyl (C=O) groups excluding carboxylic acids is 1. The van der Waals surface area contributed by atoms with Crippen LogP contribution < -0.4 is 0 Å². The van der Waals surface area contributed by atoms with Crippen LogP contribution in [-0.4, -0.2) is 35.1 Å². The molecule has 1 N–H and O–H groups in total. The summed E-state index contributed by atoms with van der Waals surface area (Å²) in [5, 5.41) is 9.23. The second-order valence-electron chi connectivity index (χ2n) is 4.55. The van der Waals surface area contributed by atoms with Crippen LogP contribution in [-0.2, 0) is 4.79 Å². The van der Waals surface area contributed by atoms with Crippen molar-refractivity contribution in [3.05, 3.63) is 0 Å². The van der Waals surface area contributed by atoms with Crippen LogP contribution in [0, 0.1) is 5.92 Å².